The summed E-state index contributed by atoms with van der Waals surface area (Å²) in [4.78, 5) is 12.8. The van der Waals surface area contributed by atoms with Gasteiger partial charge in [-0.2, -0.15) is 0 Å². The number of carbonyl (C=O) groups is 1. The molecule has 0 spiro atoms. The second-order valence-electron chi connectivity index (χ2n) is 6.01. The van der Waals surface area contributed by atoms with Crippen LogP contribution in [0.3, 0.4) is 0 Å². The maximum atomic E-state index is 12.8. The first kappa shape index (κ1) is 20.0. The Balaban J connectivity index is 1.93. The first-order valence-electron chi connectivity index (χ1n) is 8.61. The normalized spacial score (nSPS) is 10.4. The van der Waals surface area contributed by atoms with Crippen molar-refractivity contribution in [1.82, 2.24) is 10.3 Å². The van der Waals surface area contributed by atoms with Crippen LogP contribution in [0.15, 0.2) is 35.0 Å². The number of anilines is 1. The molecule has 9 nitrogen and oxygen atoms in total. The molecule has 2 aromatic carbocycles. The van der Waals surface area contributed by atoms with Crippen LogP contribution >= 0.6 is 0 Å². The Morgan fingerprint density at radius 2 is 1.62 bits per heavy atom. The Labute approximate surface area is 167 Å². The Hall–Kier alpha value is -3.75. The van der Waals surface area contributed by atoms with Crippen molar-refractivity contribution in [3.8, 4) is 34.3 Å². The van der Waals surface area contributed by atoms with Crippen LogP contribution in [-0.4, -0.2) is 44.7 Å². The predicted octanol–water partition coefficient (Wildman–Crippen LogP) is 3.33. The lowest BCUT2D eigenvalue weighted by atomic mass is 10.1. The molecule has 0 saturated heterocycles. The lowest BCUT2D eigenvalue weighted by Crippen LogP contribution is -2.13. The van der Waals surface area contributed by atoms with Gasteiger partial charge in [-0.15, -0.1) is 0 Å². The minimum Gasteiger partial charge on any atom is -0.497 e. The van der Waals surface area contributed by atoms with E-state index < -0.39 is 5.91 Å². The summed E-state index contributed by atoms with van der Waals surface area (Å²) in [5.74, 6) is 1.59. The van der Waals surface area contributed by atoms with Gasteiger partial charge in [0.15, 0.2) is 17.2 Å². The molecule has 29 heavy (non-hydrogen) atoms. The van der Waals surface area contributed by atoms with Crippen molar-refractivity contribution in [1.29, 1.82) is 0 Å². The van der Waals surface area contributed by atoms with Gasteiger partial charge in [-0.3, -0.25) is 4.79 Å². The molecule has 1 N–H and O–H groups in total. The lowest BCUT2D eigenvalue weighted by molar-refractivity contribution is 0.102. The number of benzene rings is 2. The number of aromatic nitrogens is 2. The largest absolute Gasteiger partial charge is 0.497 e. The standard InChI is InChI=1S/C20H21N3O6/c1-11-8-13(25-2)6-7-14(11)17-19(23-29-22-17)21-20(24)12-9-15(26-3)18(28-5)16(10-12)27-4/h6-10H,1-5H3,(H,21,23,24). The molecule has 0 bridgehead atoms. The SMILES string of the molecule is COc1ccc(-c2nonc2NC(=O)c2cc(OC)c(OC)c(OC)c2)c(C)c1. The number of carbonyl (C=O) groups excluding carboxylic acids is 1. The van der Waals surface area contributed by atoms with Gasteiger partial charge >= 0.3 is 0 Å². The molecule has 1 heterocycles. The first-order chi connectivity index (χ1) is 14.0. The topological polar surface area (TPSA) is 105 Å². The molecule has 0 unspecified atom stereocenters. The summed E-state index contributed by atoms with van der Waals surface area (Å²) in [6, 6.07) is 8.56. The molecule has 0 aliphatic rings. The number of ether oxygens (including phenoxy) is 4. The van der Waals surface area contributed by atoms with E-state index in [0.29, 0.717) is 34.3 Å². The summed E-state index contributed by atoms with van der Waals surface area (Å²) in [6.07, 6.45) is 0. The van der Waals surface area contributed by atoms with Gasteiger partial charge in [0.25, 0.3) is 5.91 Å². The van der Waals surface area contributed by atoms with Gasteiger partial charge < -0.3 is 24.3 Å². The van der Waals surface area contributed by atoms with Gasteiger partial charge in [0, 0.05) is 11.1 Å². The molecule has 9 heteroatoms. The third-order valence-electron chi connectivity index (χ3n) is 4.34. The minimum atomic E-state index is -0.438. The summed E-state index contributed by atoms with van der Waals surface area (Å²) in [5, 5.41) is 10.5. The van der Waals surface area contributed by atoms with Gasteiger partial charge in [0.2, 0.25) is 11.6 Å². The molecule has 0 aliphatic carbocycles. The summed E-state index contributed by atoms with van der Waals surface area (Å²) >= 11 is 0. The van der Waals surface area contributed by atoms with Crippen molar-refractivity contribution in [2.45, 2.75) is 6.92 Å². The van der Waals surface area contributed by atoms with E-state index in [1.807, 2.05) is 19.1 Å². The molecular formula is C20H21N3O6. The molecule has 1 aromatic heterocycles. The minimum absolute atomic E-state index is 0.192. The van der Waals surface area contributed by atoms with E-state index in [-0.39, 0.29) is 5.82 Å². The van der Waals surface area contributed by atoms with Gasteiger partial charge in [-0.25, -0.2) is 4.63 Å². The second-order valence-corrected chi connectivity index (χ2v) is 6.01. The summed E-state index contributed by atoms with van der Waals surface area (Å²) in [7, 11) is 6.04. The highest BCUT2D eigenvalue weighted by molar-refractivity contribution is 6.06. The van der Waals surface area contributed by atoms with Crippen molar-refractivity contribution in [3.05, 3.63) is 41.5 Å². The molecule has 3 rings (SSSR count). The van der Waals surface area contributed by atoms with E-state index in [0.717, 1.165) is 11.1 Å². The van der Waals surface area contributed by atoms with Crippen LogP contribution in [0.1, 0.15) is 15.9 Å². The van der Waals surface area contributed by atoms with E-state index >= 15 is 0 Å². The molecule has 0 saturated carbocycles. The zero-order valence-electron chi connectivity index (χ0n) is 16.7. The Kier molecular flexibility index (Phi) is 5.87. The zero-order valence-corrected chi connectivity index (χ0v) is 16.7. The van der Waals surface area contributed by atoms with Crippen molar-refractivity contribution < 1.29 is 28.4 Å². The number of nitrogens with one attached hydrogen (secondary N) is 1. The smallest absolute Gasteiger partial charge is 0.257 e. The number of amides is 1. The van der Waals surface area contributed by atoms with E-state index in [4.69, 9.17) is 23.6 Å². The van der Waals surface area contributed by atoms with Crippen molar-refractivity contribution in [2.75, 3.05) is 33.8 Å². The maximum absolute atomic E-state index is 12.8. The lowest BCUT2D eigenvalue weighted by Gasteiger charge is -2.14. The molecule has 1 amide bonds. The molecular weight excluding hydrogens is 378 g/mol. The van der Waals surface area contributed by atoms with Crippen LogP contribution in [0.25, 0.3) is 11.3 Å². The van der Waals surface area contributed by atoms with Crippen LogP contribution in [0.5, 0.6) is 23.0 Å². The number of methoxy groups -OCH3 is 4. The number of hydrogen-bond acceptors (Lipinski definition) is 8. The highest BCUT2D eigenvalue weighted by Crippen LogP contribution is 2.38. The van der Waals surface area contributed by atoms with Crippen LogP contribution in [0, 0.1) is 6.92 Å². The number of nitrogens with zero attached hydrogens (tertiary/aromatic N) is 2. The predicted molar refractivity (Wildman–Crippen MR) is 105 cm³/mol. The summed E-state index contributed by atoms with van der Waals surface area (Å²) in [5.41, 5.74) is 2.35. The fourth-order valence-corrected chi connectivity index (χ4v) is 2.87. The Morgan fingerprint density at radius 1 is 0.931 bits per heavy atom. The fraction of sp³-hybridized carbons (Fsp3) is 0.250. The average molecular weight is 399 g/mol. The van der Waals surface area contributed by atoms with E-state index in [9.17, 15) is 4.79 Å². The first-order valence-corrected chi connectivity index (χ1v) is 8.61. The zero-order chi connectivity index (χ0) is 21.0. The highest BCUT2D eigenvalue weighted by atomic mass is 16.6. The highest BCUT2D eigenvalue weighted by Gasteiger charge is 2.21. The van der Waals surface area contributed by atoms with Crippen molar-refractivity contribution >= 4 is 11.7 Å². The van der Waals surface area contributed by atoms with Crippen LogP contribution < -0.4 is 24.3 Å². The number of aryl methyl sites for hydroxylation is 1. The summed E-state index contributed by atoms with van der Waals surface area (Å²) in [6.45, 7) is 1.90. The van der Waals surface area contributed by atoms with E-state index in [2.05, 4.69) is 15.6 Å². The summed E-state index contributed by atoms with van der Waals surface area (Å²) < 4.78 is 25.9. The van der Waals surface area contributed by atoms with Gasteiger partial charge in [0.05, 0.1) is 28.4 Å². The quantitative estimate of drug-likeness (QED) is 0.645. The molecule has 152 valence electrons. The van der Waals surface area contributed by atoms with E-state index in [1.165, 1.54) is 21.3 Å². The molecule has 0 fully saturated rings. The van der Waals surface area contributed by atoms with Crippen LogP contribution in [-0.2, 0) is 0 Å². The van der Waals surface area contributed by atoms with E-state index in [1.54, 1.807) is 25.3 Å². The van der Waals surface area contributed by atoms with Crippen molar-refractivity contribution in [3.63, 3.8) is 0 Å². The van der Waals surface area contributed by atoms with Gasteiger partial charge in [-0.1, -0.05) is 0 Å². The van der Waals surface area contributed by atoms with Crippen LogP contribution in [0.2, 0.25) is 0 Å². The molecule has 3 aromatic rings. The van der Waals surface area contributed by atoms with Gasteiger partial charge in [-0.05, 0) is 53.1 Å². The van der Waals surface area contributed by atoms with Crippen molar-refractivity contribution in [2.24, 2.45) is 0 Å². The Bertz CT molecular complexity index is 1010. The second kappa shape index (κ2) is 8.51. The monoisotopic (exact) mass is 399 g/mol. The maximum Gasteiger partial charge on any atom is 0.257 e. The number of hydrogen-bond donors (Lipinski definition) is 1. The molecule has 0 aliphatic heterocycles. The van der Waals surface area contributed by atoms with Crippen LogP contribution in [0.4, 0.5) is 5.82 Å². The Morgan fingerprint density at radius 3 is 2.17 bits per heavy atom. The molecule has 0 atom stereocenters. The third-order valence-corrected chi connectivity index (χ3v) is 4.34. The molecule has 0 radical (unpaired) electrons. The number of rotatable bonds is 7. The fourth-order valence-electron chi connectivity index (χ4n) is 2.87. The third kappa shape index (κ3) is 3.93. The van der Waals surface area contributed by atoms with Gasteiger partial charge in [0.1, 0.15) is 5.75 Å². The average Bonchev–Trinajstić information content (AvgIpc) is 3.19.